The Hall–Kier alpha value is -2.35. The van der Waals surface area contributed by atoms with Crippen LogP contribution in [-0.4, -0.2) is 67.1 Å². The lowest BCUT2D eigenvalue weighted by Gasteiger charge is -2.28. The van der Waals surface area contributed by atoms with E-state index in [9.17, 15) is 14.9 Å². The molecule has 166 valence electrons. The van der Waals surface area contributed by atoms with Crippen molar-refractivity contribution in [2.75, 3.05) is 46.4 Å². The summed E-state index contributed by atoms with van der Waals surface area (Å²) in [6, 6.07) is 2.74. The molecule has 1 heterocycles. The van der Waals surface area contributed by atoms with Gasteiger partial charge in [-0.1, -0.05) is 19.3 Å². The number of methoxy groups -OCH3 is 1. The van der Waals surface area contributed by atoms with E-state index in [1.54, 1.807) is 11.8 Å². The molecule has 30 heavy (non-hydrogen) atoms. The van der Waals surface area contributed by atoms with E-state index in [2.05, 4.69) is 4.90 Å². The second-order valence-electron chi connectivity index (χ2n) is 8.16. The number of ether oxygens (including phenoxy) is 2. The summed E-state index contributed by atoms with van der Waals surface area (Å²) in [6.45, 7) is 6.20. The molecule has 1 aliphatic carbocycles. The van der Waals surface area contributed by atoms with Crippen LogP contribution in [0.25, 0.3) is 0 Å². The average molecular weight is 420 g/mol. The predicted molar refractivity (Wildman–Crippen MR) is 114 cm³/mol. The van der Waals surface area contributed by atoms with Gasteiger partial charge in [-0.15, -0.1) is 0 Å². The lowest BCUT2D eigenvalue weighted by atomic mass is 9.89. The van der Waals surface area contributed by atoms with E-state index < -0.39 is 4.92 Å². The van der Waals surface area contributed by atoms with E-state index in [1.807, 2.05) is 0 Å². The first-order valence-electron chi connectivity index (χ1n) is 11.0. The highest BCUT2D eigenvalue weighted by Gasteiger charge is 2.29. The van der Waals surface area contributed by atoms with Gasteiger partial charge in [-0.2, -0.15) is 0 Å². The van der Waals surface area contributed by atoms with Crippen LogP contribution in [0, 0.1) is 16.0 Å². The van der Waals surface area contributed by atoms with Crippen LogP contribution in [0.5, 0.6) is 11.5 Å². The zero-order chi connectivity index (χ0) is 21.5. The standard InChI is InChI=1S/C22H33N3O5/c1-3-30-21-15-19(25(27)28)18(14-20(21)29-2)22(26)24-11-7-10-23(12-13-24)16-17-8-5-4-6-9-17/h14-15,17H,3-13,16H2,1-2H3. The van der Waals surface area contributed by atoms with Gasteiger partial charge >= 0.3 is 0 Å². The molecule has 1 aliphatic heterocycles. The lowest BCUT2D eigenvalue weighted by Crippen LogP contribution is -2.37. The molecule has 3 rings (SSSR count). The molecule has 8 nitrogen and oxygen atoms in total. The summed E-state index contributed by atoms with van der Waals surface area (Å²) in [6.07, 6.45) is 7.48. The molecule has 1 aromatic rings. The largest absolute Gasteiger partial charge is 0.493 e. The van der Waals surface area contributed by atoms with Crippen molar-refractivity contribution in [2.24, 2.45) is 5.92 Å². The zero-order valence-corrected chi connectivity index (χ0v) is 18.1. The van der Waals surface area contributed by atoms with Crippen molar-refractivity contribution < 1.29 is 19.2 Å². The Bertz CT molecular complexity index is 749. The maximum absolute atomic E-state index is 13.2. The van der Waals surface area contributed by atoms with E-state index in [4.69, 9.17) is 9.47 Å². The van der Waals surface area contributed by atoms with Crippen molar-refractivity contribution in [2.45, 2.75) is 45.4 Å². The molecule has 0 N–H and O–H groups in total. The molecular formula is C22H33N3O5. The van der Waals surface area contributed by atoms with E-state index in [0.717, 1.165) is 32.0 Å². The van der Waals surface area contributed by atoms with Gasteiger partial charge < -0.3 is 19.3 Å². The number of amides is 1. The minimum Gasteiger partial charge on any atom is -0.493 e. The second kappa shape index (κ2) is 10.6. The maximum atomic E-state index is 13.2. The van der Waals surface area contributed by atoms with Gasteiger partial charge in [0.25, 0.3) is 11.6 Å². The van der Waals surface area contributed by atoms with Gasteiger partial charge in [-0.25, -0.2) is 0 Å². The first-order valence-corrected chi connectivity index (χ1v) is 11.0. The van der Waals surface area contributed by atoms with Gasteiger partial charge in [-0.05, 0) is 38.6 Å². The molecule has 1 saturated heterocycles. The number of rotatable bonds is 7. The molecule has 8 heteroatoms. The third-order valence-corrected chi connectivity index (χ3v) is 6.13. The van der Waals surface area contributed by atoms with Crippen LogP contribution >= 0.6 is 0 Å². The summed E-state index contributed by atoms with van der Waals surface area (Å²) in [7, 11) is 1.47. The molecule has 1 aromatic carbocycles. The highest BCUT2D eigenvalue weighted by molar-refractivity contribution is 5.99. The summed E-state index contributed by atoms with van der Waals surface area (Å²) < 4.78 is 10.8. The molecule has 0 spiro atoms. The topological polar surface area (TPSA) is 85.1 Å². The SMILES string of the molecule is CCOc1cc([N+](=O)[O-])c(C(=O)N2CCCN(CC3CCCCC3)CC2)cc1OC. The number of nitrogens with zero attached hydrogens (tertiary/aromatic N) is 3. The molecule has 0 bridgehead atoms. The summed E-state index contributed by atoms with van der Waals surface area (Å²) in [5.41, 5.74) is -0.186. The fraction of sp³-hybridized carbons (Fsp3) is 0.682. The molecule has 1 amide bonds. The molecule has 0 atom stereocenters. The number of nitro benzene ring substituents is 1. The first kappa shape index (κ1) is 22.3. The molecule has 0 aromatic heterocycles. The number of carbonyl (C=O) groups excluding carboxylic acids is 1. The zero-order valence-electron chi connectivity index (χ0n) is 18.1. The number of hydrogen-bond donors (Lipinski definition) is 0. The Morgan fingerprint density at radius 2 is 1.87 bits per heavy atom. The highest BCUT2D eigenvalue weighted by Crippen LogP contribution is 2.35. The fourth-order valence-electron chi connectivity index (χ4n) is 4.56. The summed E-state index contributed by atoms with van der Waals surface area (Å²) in [4.78, 5) is 28.5. The van der Waals surface area contributed by atoms with Crippen molar-refractivity contribution in [3.63, 3.8) is 0 Å². The number of hydrogen-bond acceptors (Lipinski definition) is 6. The van der Waals surface area contributed by atoms with Gasteiger partial charge in [0.15, 0.2) is 11.5 Å². The molecule has 1 saturated carbocycles. The molecule has 0 radical (unpaired) electrons. The van der Waals surface area contributed by atoms with Crippen molar-refractivity contribution >= 4 is 11.6 Å². The van der Waals surface area contributed by atoms with Crippen LogP contribution < -0.4 is 9.47 Å². The summed E-state index contributed by atoms with van der Waals surface area (Å²) >= 11 is 0. The Morgan fingerprint density at radius 3 is 2.53 bits per heavy atom. The van der Waals surface area contributed by atoms with Crippen LogP contribution in [-0.2, 0) is 0 Å². The Kier molecular flexibility index (Phi) is 7.90. The number of benzene rings is 1. The van der Waals surface area contributed by atoms with Gasteiger partial charge in [0.05, 0.1) is 24.7 Å². The average Bonchev–Trinajstić information content (AvgIpc) is 2.99. The van der Waals surface area contributed by atoms with E-state index in [1.165, 1.54) is 51.3 Å². The Morgan fingerprint density at radius 1 is 1.10 bits per heavy atom. The van der Waals surface area contributed by atoms with Crippen LogP contribution in [0.15, 0.2) is 12.1 Å². The first-order chi connectivity index (χ1) is 14.5. The van der Waals surface area contributed by atoms with Crippen LogP contribution in [0.2, 0.25) is 0 Å². The van der Waals surface area contributed by atoms with Crippen molar-refractivity contribution in [3.8, 4) is 11.5 Å². The Balaban J connectivity index is 1.73. The van der Waals surface area contributed by atoms with E-state index in [0.29, 0.717) is 25.4 Å². The van der Waals surface area contributed by atoms with Gasteiger partial charge in [-0.3, -0.25) is 14.9 Å². The number of carbonyl (C=O) groups is 1. The quantitative estimate of drug-likeness (QED) is 0.494. The summed E-state index contributed by atoms with van der Waals surface area (Å²) in [5, 5.41) is 11.6. The highest BCUT2D eigenvalue weighted by atomic mass is 16.6. The van der Waals surface area contributed by atoms with Gasteiger partial charge in [0.1, 0.15) is 5.56 Å². The smallest absolute Gasteiger partial charge is 0.286 e. The molecule has 2 fully saturated rings. The Labute approximate surface area is 178 Å². The van der Waals surface area contributed by atoms with Crippen molar-refractivity contribution in [1.29, 1.82) is 0 Å². The third-order valence-electron chi connectivity index (χ3n) is 6.13. The van der Waals surface area contributed by atoms with Crippen LogP contribution in [0.4, 0.5) is 5.69 Å². The summed E-state index contributed by atoms with van der Waals surface area (Å²) in [5.74, 6) is 1.05. The normalized spacial score (nSPS) is 18.7. The van der Waals surface area contributed by atoms with Crippen molar-refractivity contribution in [1.82, 2.24) is 9.80 Å². The maximum Gasteiger partial charge on any atom is 0.286 e. The predicted octanol–water partition coefficient (Wildman–Crippen LogP) is 3.73. The minimum atomic E-state index is -0.525. The van der Waals surface area contributed by atoms with Crippen molar-refractivity contribution in [3.05, 3.63) is 27.8 Å². The monoisotopic (exact) mass is 419 g/mol. The number of nitro groups is 1. The van der Waals surface area contributed by atoms with Crippen LogP contribution in [0.1, 0.15) is 55.8 Å². The molecular weight excluding hydrogens is 386 g/mol. The molecule has 2 aliphatic rings. The van der Waals surface area contributed by atoms with E-state index in [-0.39, 0.29) is 22.9 Å². The van der Waals surface area contributed by atoms with Crippen LogP contribution in [0.3, 0.4) is 0 Å². The third kappa shape index (κ3) is 5.41. The lowest BCUT2D eigenvalue weighted by molar-refractivity contribution is -0.385. The minimum absolute atomic E-state index is 0.0565. The van der Waals surface area contributed by atoms with Gasteiger partial charge in [0.2, 0.25) is 0 Å². The second-order valence-corrected chi connectivity index (χ2v) is 8.16. The molecule has 0 unspecified atom stereocenters. The fourth-order valence-corrected chi connectivity index (χ4v) is 4.56. The van der Waals surface area contributed by atoms with E-state index >= 15 is 0 Å². The van der Waals surface area contributed by atoms with Gasteiger partial charge in [0, 0.05) is 32.2 Å².